The average molecular weight is 1470 g/mol. The smallest absolute Gasteiger partial charge is 0.358 e. The normalized spacial score (nSPS) is 25.3. The third-order valence-electron chi connectivity index (χ3n) is 17.2. The monoisotopic (exact) mass is 1470 g/mol. The molecule has 524 valence electrons. The molecule has 12 bridgehead atoms. The highest BCUT2D eigenvalue weighted by atomic mass is 32.1. The number of aliphatic hydroxyl groups excluding tert-OH is 1. The number of ether oxygens (including phenoxy) is 7. The maximum absolute atomic E-state index is 15.3. The van der Waals surface area contributed by atoms with E-state index in [-0.39, 0.29) is 117 Å². The molecule has 100 heavy (non-hydrogen) atoms. The molecule has 38 heteroatoms. The van der Waals surface area contributed by atoms with Gasteiger partial charge in [-0.2, -0.15) is 4.73 Å². The number of methoxy groups -OCH3 is 1. The number of likely N-dealkylation sites (N-methyl/N-ethyl adjacent to an activating group) is 2. The second-order valence-electron chi connectivity index (χ2n) is 24.3. The van der Waals surface area contributed by atoms with E-state index >= 15 is 19.2 Å². The molecular formula is C62H63N15O18S5. The Morgan fingerprint density at radius 2 is 1.54 bits per heavy atom. The maximum Gasteiger partial charge on any atom is 0.358 e. The van der Waals surface area contributed by atoms with Gasteiger partial charge >= 0.3 is 18.0 Å². The third-order valence-corrected chi connectivity index (χ3v) is 21.7. The van der Waals surface area contributed by atoms with Crippen LogP contribution in [0.4, 0.5) is 4.79 Å². The van der Waals surface area contributed by atoms with Crippen LogP contribution in [0, 0.1) is 0 Å². The minimum atomic E-state index is -1.86. The summed E-state index contributed by atoms with van der Waals surface area (Å²) in [7, 11) is 7.10. The van der Waals surface area contributed by atoms with Crippen LogP contribution in [0.1, 0.15) is 125 Å². The highest BCUT2D eigenvalue weighted by molar-refractivity contribution is 7.14. The first-order valence-corrected chi connectivity index (χ1v) is 35.1. The predicted molar refractivity (Wildman–Crippen MR) is 357 cm³/mol. The van der Waals surface area contributed by atoms with Gasteiger partial charge in [-0.3, -0.25) is 34.2 Å². The molecule has 7 aromatic heterocycles. The summed E-state index contributed by atoms with van der Waals surface area (Å²) in [4.78, 5) is 146. The van der Waals surface area contributed by atoms with Gasteiger partial charge in [0.1, 0.15) is 126 Å². The van der Waals surface area contributed by atoms with Gasteiger partial charge in [-0.25, -0.2) is 44.3 Å². The molecule has 12 heterocycles. The highest BCUT2D eigenvalue weighted by Crippen LogP contribution is 2.45. The molecule has 0 saturated carbocycles. The first kappa shape index (κ1) is 69.2. The van der Waals surface area contributed by atoms with E-state index in [0.29, 0.717) is 16.8 Å². The Labute approximate surface area is 586 Å². The van der Waals surface area contributed by atoms with Crippen LogP contribution < -0.4 is 32.3 Å². The van der Waals surface area contributed by atoms with Gasteiger partial charge in [0.2, 0.25) is 5.91 Å². The quantitative estimate of drug-likeness (QED) is 0.0582. The fourth-order valence-electron chi connectivity index (χ4n) is 12.6. The second kappa shape index (κ2) is 27.7. The van der Waals surface area contributed by atoms with Crippen molar-refractivity contribution in [1.82, 2.24) is 71.0 Å². The number of aromatic hydroxyl groups is 1. The standard InChI is InChI=1S/C62H63N15O18S5/c1-23(78)40-53(84)72-41(24(2)89-8)56-67-33(21-98-56)51(82)73-44-46-47(94-38-13-62(4)48(25(3)93-38)76(7)37(95-62)14-75(5)6)60(86)91-15-26-10-9-11-35-39(26)28(16-90-46)45(77(35)88)59(85)92-17-29(64-49(80)31-20-100-58(44)69-31)55-65-30(18-97-55)42-27(54-66-32(19-96-54)50(81)71-40)12-36(79)43(70-42)57-68-34(22-99-57)52(83)74-61(63)87/h9-12,18-23,25,29,37-38,40,44,46-48,78-79,88H,13-17H2,1-8H3,(H,64,80)(H,71,81)(H,72,84)(H,73,82)(H3,63,74,83,87)/b41-24+. The lowest BCUT2D eigenvalue weighted by atomic mass is 9.86. The number of allylic oxidation sites excluding steroid dienone is 1. The Kier molecular flexibility index (Phi) is 19.1. The Hall–Kier alpha value is -9.32. The SMILES string of the molecule is CO/C(C)=C1/NC(=O)C(C(C)O)NC(=O)c2csc(n2)-c2cc(O)c(-c3nc(C(=O)NC(N)=O)cs3)nc2-c2csc(n2)C2COC(=O)c3c4c5c(cccc5n3O)COC(=O)C(OC3CC5(C)OC(CN(C)C)N(C)C5C(C)O3)C(OC4)C(NC(=O)c3csc1n3)c1nc(cs1)C(=O)N2. The van der Waals surface area contributed by atoms with E-state index in [4.69, 9.17) is 53.8 Å². The number of carbonyl (C=O) groups excluding carboxylic acids is 8. The fourth-order valence-corrected chi connectivity index (χ4v) is 16.8. The minimum Gasteiger partial charge on any atom is -0.506 e. The Balaban J connectivity index is 0.981. The van der Waals surface area contributed by atoms with Crippen LogP contribution in [0.25, 0.3) is 49.3 Å². The van der Waals surface area contributed by atoms with Gasteiger partial charge in [-0.05, 0) is 66.5 Å². The van der Waals surface area contributed by atoms with E-state index in [1.807, 2.05) is 45.2 Å². The van der Waals surface area contributed by atoms with Gasteiger partial charge in [0.15, 0.2) is 18.1 Å². The number of urea groups is 1. The number of hydrogen-bond donors (Lipinski definition) is 9. The van der Waals surface area contributed by atoms with Crippen LogP contribution >= 0.6 is 56.7 Å². The molecule has 8 aromatic rings. The number of hydrogen-bond acceptors (Lipinski definition) is 31. The number of benzene rings is 1. The summed E-state index contributed by atoms with van der Waals surface area (Å²) in [6, 6.07) is -0.106. The zero-order valence-corrected chi connectivity index (χ0v) is 58.2. The Bertz CT molecular complexity index is 4650. The number of nitrogens with one attached hydrogen (secondary N) is 5. The number of imide groups is 1. The van der Waals surface area contributed by atoms with Gasteiger partial charge in [0, 0.05) is 56.4 Å². The van der Waals surface area contributed by atoms with Gasteiger partial charge in [0.05, 0.1) is 43.1 Å². The number of primary amides is 1. The van der Waals surface area contributed by atoms with E-state index in [9.17, 15) is 34.6 Å². The number of fused-ring (bicyclic) bond motifs is 16. The molecule has 1 aromatic carbocycles. The van der Waals surface area contributed by atoms with E-state index < -0.39 is 133 Å². The molecule has 11 atom stereocenters. The molecular weight excluding hydrogens is 1400 g/mol. The first-order chi connectivity index (χ1) is 47.7. The maximum atomic E-state index is 15.3. The van der Waals surface area contributed by atoms with Crippen LogP contribution in [0.15, 0.2) is 56.9 Å². The molecule has 0 spiro atoms. The summed E-state index contributed by atoms with van der Waals surface area (Å²) in [5, 5.41) is 55.3. The number of amides is 7. The molecule has 5 aliphatic heterocycles. The third kappa shape index (κ3) is 13.3. The van der Waals surface area contributed by atoms with E-state index in [1.165, 1.54) is 60.0 Å². The number of nitrogens with two attached hydrogens (primary N) is 1. The summed E-state index contributed by atoms with van der Waals surface area (Å²) < 4.78 is 45.7. The van der Waals surface area contributed by atoms with Crippen molar-refractivity contribution in [2.24, 2.45) is 5.73 Å². The number of thiazole rings is 5. The van der Waals surface area contributed by atoms with Gasteiger partial charge in [0.25, 0.3) is 23.6 Å². The highest BCUT2D eigenvalue weighted by Gasteiger charge is 2.57. The van der Waals surface area contributed by atoms with Crippen molar-refractivity contribution in [2.75, 3.05) is 41.4 Å². The molecule has 13 rings (SSSR count). The number of rotatable bonds is 8. The van der Waals surface area contributed by atoms with Crippen molar-refractivity contribution in [3.63, 3.8) is 0 Å². The molecule has 0 radical (unpaired) electrons. The van der Waals surface area contributed by atoms with Crippen molar-refractivity contribution in [3.8, 4) is 38.4 Å². The molecule has 2 fully saturated rings. The van der Waals surface area contributed by atoms with Gasteiger partial charge in [-0.15, -0.1) is 56.7 Å². The van der Waals surface area contributed by atoms with Crippen LogP contribution in [-0.4, -0.2) is 203 Å². The summed E-state index contributed by atoms with van der Waals surface area (Å²) in [5.74, 6) is -7.21. The van der Waals surface area contributed by atoms with Gasteiger partial charge in [-0.1, -0.05) is 12.1 Å². The molecule has 33 nitrogen and oxygen atoms in total. The molecule has 7 amide bonds. The summed E-state index contributed by atoms with van der Waals surface area (Å²) >= 11 is 4.52. The lowest BCUT2D eigenvalue weighted by Crippen LogP contribution is -2.59. The predicted octanol–water partition coefficient (Wildman–Crippen LogP) is 4.27. The van der Waals surface area contributed by atoms with Crippen LogP contribution in [0.3, 0.4) is 0 Å². The second-order valence-corrected chi connectivity index (χ2v) is 28.7. The first-order valence-electron chi connectivity index (χ1n) is 30.7. The van der Waals surface area contributed by atoms with E-state index in [0.717, 1.165) is 56.7 Å². The van der Waals surface area contributed by atoms with Crippen molar-refractivity contribution in [1.29, 1.82) is 0 Å². The molecule has 11 unspecified atom stereocenters. The number of aromatic nitrogens is 7. The number of esters is 2. The summed E-state index contributed by atoms with van der Waals surface area (Å²) in [6.45, 7) is 5.34. The zero-order valence-electron chi connectivity index (χ0n) is 54.1. The number of pyridine rings is 1. The molecule has 5 aliphatic rings. The largest absolute Gasteiger partial charge is 0.506 e. The lowest BCUT2D eigenvalue weighted by molar-refractivity contribution is -0.269. The van der Waals surface area contributed by atoms with Crippen molar-refractivity contribution >= 4 is 121 Å². The summed E-state index contributed by atoms with van der Waals surface area (Å²) in [6.07, 6.45) is -7.25. The number of cyclic esters (lactones) is 2. The minimum absolute atomic E-state index is 0.00310. The topological polar surface area (TPSA) is 437 Å². The van der Waals surface area contributed by atoms with Crippen molar-refractivity contribution in [2.45, 2.75) is 114 Å². The van der Waals surface area contributed by atoms with Crippen LogP contribution in [-0.2, 0) is 56.0 Å². The van der Waals surface area contributed by atoms with E-state index in [2.05, 4.69) is 41.1 Å². The average Bonchev–Trinajstić information content (AvgIpc) is 1.54. The molecule has 2 saturated heterocycles. The van der Waals surface area contributed by atoms with E-state index in [1.54, 1.807) is 12.1 Å². The lowest BCUT2D eigenvalue weighted by Gasteiger charge is -2.45. The van der Waals surface area contributed by atoms with Crippen LogP contribution in [0.5, 0.6) is 5.75 Å². The van der Waals surface area contributed by atoms with Crippen molar-refractivity contribution < 1.29 is 86.9 Å². The number of aliphatic hydroxyl groups is 1. The molecule has 10 N–H and O–H groups in total. The number of carbonyl (C=O) groups is 8. The Morgan fingerprint density at radius 3 is 2.28 bits per heavy atom. The summed E-state index contributed by atoms with van der Waals surface area (Å²) in [5.41, 5.74) is 3.06. The molecule has 0 aliphatic carbocycles. The van der Waals surface area contributed by atoms with Crippen LogP contribution in [0.2, 0.25) is 0 Å². The van der Waals surface area contributed by atoms with Gasteiger partial charge < -0.3 is 80.5 Å². The number of nitrogens with zero attached hydrogens (tertiary/aromatic N) is 9. The zero-order chi connectivity index (χ0) is 70.9. The fraction of sp³-hybridized carbons (Fsp3) is 0.387. The van der Waals surface area contributed by atoms with Crippen molar-refractivity contribution in [3.05, 3.63) is 112 Å². The Morgan fingerprint density at radius 1 is 0.860 bits per heavy atom.